The van der Waals surface area contributed by atoms with Gasteiger partial charge in [-0.2, -0.15) is 0 Å². The Kier molecular flexibility index (Phi) is 73.7. The van der Waals surface area contributed by atoms with Gasteiger partial charge in [0, 0.05) is 12.8 Å². The minimum absolute atomic E-state index is 0.0680. The van der Waals surface area contributed by atoms with Gasteiger partial charge in [-0.3, -0.25) is 9.59 Å². The van der Waals surface area contributed by atoms with Gasteiger partial charge in [-0.05, 0) is 70.6 Å². The third-order valence-electron chi connectivity index (χ3n) is 17.2. The normalized spacial score (nSPS) is 12.6. The highest BCUT2D eigenvalue weighted by Crippen LogP contribution is 2.19. The number of rotatable bonds is 71. The molecule has 0 amide bonds. The Bertz CT molecular complexity index is 1550. The average Bonchev–Trinajstić information content (AvgIpc) is 3.55. The number of carbonyl (C=O) groups excluding carboxylic acids is 2. The molecule has 0 saturated heterocycles. The van der Waals surface area contributed by atoms with Crippen molar-refractivity contribution in [1.29, 1.82) is 0 Å². The Morgan fingerprint density at radius 1 is 0.279 bits per heavy atom. The third-order valence-corrected chi connectivity index (χ3v) is 17.2. The number of aliphatic hydroxyl groups is 1. The maximum atomic E-state index is 12.4. The van der Waals surface area contributed by atoms with Gasteiger partial charge in [0.1, 0.15) is 6.61 Å². The Morgan fingerprint density at radius 3 is 0.756 bits per heavy atom. The van der Waals surface area contributed by atoms with Gasteiger partial charge < -0.3 is 14.6 Å². The summed E-state index contributed by atoms with van der Waals surface area (Å²) in [5.74, 6) is -0.584. The summed E-state index contributed by atoms with van der Waals surface area (Å²) in [7, 11) is 0. The van der Waals surface area contributed by atoms with E-state index in [4.69, 9.17) is 9.47 Å². The molecule has 0 aliphatic carbocycles. The second kappa shape index (κ2) is 76.3. The molecule has 5 heteroatoms. The number of hydrogen-bond donors (Lipinski definition) is 1. The smallest absolute Gasteiger partial charge is 0.306 e. The lowest BCUT2D eigenvalue weighted by Gasteiger charge is -2.15. The van der Waals surface area contributed by atoms with Crippen molar-refractivity contribution in [2.75, 3.05) is 13.2 Å². The highest BCUT2D eigenvalue weighted by Gasteiger charge is 2.16. The summed E-state index contributed by atoms with van der Waals surface area (Å²) < 4.78 is 10.8. The van der Waals surface area contributed by atoms with E-state index in [-0.39, 0.29) is 25.2 Å². The van der Waals surface area contributed by atoms with Crippen LogP contribution < -0.4 is 0 Å². The van der Waals surface area contributed by atoms with Crippen molar-refractivity contribution in [3.8, 4) is 0 Å². The van der Waals surface area contributed by atoms with Gasteiger partial charge in [-0.25, -0.2) is 0 Å². The van der Waals surface area contributed by atoms with Gasteiger partial charge in [0.2, 0.25) is 0 Å². The van der Waals surface area contributed by atoms with Crippen molar-refractivity contribution >= 4 is 11.9 Å². The fourth-order valence-electron chi connectivity index (χ4n) is 11.5. The van der Waals surface area contributed by atoms with Crippen molar-refractivity contribution in [2.45, 2.75) is 405 Å². The van der Waals surface area contributed by atoms with E-state index in [0.29, 0.717) is 12.8 Å². The van der Waals surface area contributed by atoms with Gasteiger partial charge in [-0.15, -0.1) is 0 Å². The summed E-state index contributed by atoms with van der Waals surface area (Å²) in [6.45, 7) is 4.07. The largest absolute Gasteiger partial charge is 0.462 e. The predicted molar refractivity (Wildman–Crippen MR) is 380 cm³/mol. The van der Waals surface area contributed by atoms with Gasteiger partial charge in [0.05, 0.1) is 6.61 Å². The zero-order valence-corrected chi connectivity index (χ0v) is 57.6. The second-order valence-corrected chi connectivity index (χ2v) is 25.7. The monoisotopic (exact) mass is 1200 g/mol. The number of aliphatic hydroxyl groups excluding tert-OH is 1. The van der Waals surface area contributed by atoms with E-state index >= 15 is 0 Å². The second-order valence-electron chi connectivity index (χ2n) is 25.7. The summed E-state index contributed by atoms with van der Waals surface area (Å²) in [4.78, 5) is 24.7. The van der Waals surface area contributed by atoms with Crippen molar-refractivity contribution < 1.29 is 24.2 Å². The van der Waals surface area contributed by atoms with E-state index in [1.165, 1.54) is 283 Å². The fraction of sp³-hybridized carbons (Fsp3) is 0.802. The zero-order chi connectivity index (χ0) is 61.9. The minimum atomic E-state index is -0.781. The maximum Gasteiger partial charge on any atom is 0.306 e. The molecule has 0 saturated carbocycles. The summed E-state index contributed by atoms with van der Waals surface area (Å²) in [5.41, 5.74) is 0. The Morgan fingerprint density at radius 2 is 0.500 bits per heavy atom. The third kappa shape index (κ3) is 73.5. The molecule has 0 bridgehead atoms. The topological polar surface area (TPSA) is 72.8 Å². The number of hydrogen-bond acceptors (Lipinski definition) is 5. The van der Waals surface area contributed by atoms with Crippen LogP contribution >= 0.6 is 0 Å². The summed E-state index contributed by atoms with van der Waals surface area (Å²) in [6.07, 6.45) is 108. The molecule has 1 atom stereocenters. The van der Waals surface area contributed by atoms with E-state index in [9.17, 15) is 14.7 Å². The van der Waals surface area contributed by atoms with Crippen molar-refractivity contribution in [3.05, 3.63) is 85.1 Å². The Labute approximate surface area is 536 Å². The first-order valence-corrected chi connectivity index (χ1v) is 38.1. The summed E-state index contributed by atoms with van der Waals surface area (Å²) in [6, 6.07) is 0. The molecule has 5 nitrogen and oxygen atoms in total. The lowest BCUT2D eigenvalue weighted by atomic mass is 10.0. The number of esters is 2. The average molecular weight is 1200 g/mol. The lowest BCUT2D eigenvalue weighted by Crippen LogP contribution is -2.28. The molecule has 0 fully saturated rings. The molecule has 0 aromatic carbocycles. The molecule has 86 heavy (non-hydrogen) atoms. The molecular formula is C81H146O5. The predicted octanol–water partition coefficient (Wildman–Crippen LogP) is 26.8. The van der Waals surface area contributed by atoms with Crippen molar-refractivity contribution in [2.24, 2.45) is 0 Å². The van der Waals surface area contributed by atoms with E-state index in [1.807, 2.05) is 0 Å². The van der Waals surface area contributed by atoms with Crippen LogP contribution in [0.3, 0.4) is 0 Å². The first-order valence-electron chi connectivity index (χ1n) is 38.1. The van der Waals surface area contributed by atoms with Crippen LogP contribution in [-0.2, 0) is 19.1 Å². The molecule has 0 rings (SSSR count). The number of carbonyl (C=O) groups is 2. The number of ether oxygens (including phenoxy) is 2. The highest BCUT2D eigenvalue weighted by atomic mass is 16.6. The van der Waals surface area contributed by atoms with Crippen LogP contribution in [0.2, 0.25) is 0 Å². The van der Waals surface area contributed by atoms with Crippen LogP contribution in [0.1, 0.15) is 399 Å². The molecule has 500 valence electrons. The first kappa shape index (κ1) is 83.1. The molecule has 0 aromatic heterocycles. The SMILES string of the molecule is CC/C=C\C/C=C\C/C=C\C/C=C\C/C=C\C/C=C\C/C=C\CCCCCCCCCCCC(=O)OC(CO)COC(=O)CCCCCCCCCCCCCCCCCCCCCCCCCCCCCCCCCCCCCCCCCCC. The molecule has 0 aromatic rings. The molecule has 0 heterocycles. The fourth-order valence-corrected chi connectivity index (χ4v) is 11.5. The summed E-state index contributed by atoms with van der Waals surface area (Å²) in [5, 5.41) is 9.71. The molecular weight excluding hydrogens is 1050 g/mol. The van der Waals surface area contributed by atoms with Crippen LogP contribution in [0, 0.1) is 0 Å². The summed E-state index contributed by atoms with van der Waals surface area (Å²) >= 11 is 0. The molecule has 0 radical (unpaired) electrons. The van der Waals surface area contributed by atoms with Crippen LogP contribution in [0.15, 0.2) is 85.1 Å². The van der Waals surface area contributed by atoms with Crippen LogP contribution in [0.5, 0.6) is 0 Å². The van der Waals surface area contributed by atoms with Crippen molar-refractivity contribution in [3.63, 3.8) is 0 Å². The standard InChI is InChI=1S/C81H146O5/c1-3-5-7-9-11-13-15-17-19-21-23-25-27-29-31-33-35-36-37-38-39-40-41-42-43-44-46-47-49-51-53-55-57-59-61-63-65-67-69-71-73-75-80(83)85-78-79(77-82)86-81(84)76-74-72-70-68-66-64-62-60-58-56-54-52-50-48-45-34-32-30-28-26-24-22-20-18-16-14-12-10-8-6-4-2/h6,8,12,14,18,20,24,26,30,32,45,48,52,54,79,82H,3-5,7,9-11,13,15-17,19,21-23,25,27-29,31,33-44,46-47,49-51,53,55-78H2,1-2H3/b8-6-,14-12-,20-18-,26-24-,32-30-,48-45-,54-52-. The maximum absolute atomic E-state index is 12.4. The van der Waals surface area contributed by atoms with Gasteiger partial charge in [0.25, 0.3) is 0 Å². The number of unbranched alkanes of at least 4 members (excludes halogenated alkanes) is 49. The molecule has 0 aliphatic heterocycles. The molecule has 1 unspecified atom stereocenters. The minimum Gasteiger partial charge on any atom is -0.462 e. The van der Waals surface area contributed by atoms with Crippen molar-refractivity contribution in [1.82, 2.24) is 0 Å². The van der Waals surface area contributed by atoms with Gasteiger partial charge in [-0.1, -0.05) is 401 Å². The lowest BCUT2D eigenvalue weighted by molar-refractivity contribution is -0.161. The quantitative estimate of drug-likeness (QED) is 0.0373. The van der Waals surface area contributed by atoms with Gasteiger partial charge >= 0.3 is 11.9 Å². The van der Waals surface area contributed by atoms with E-state index in [1.54, 1.807) is 0 Å². The Balaban J connectivity index is 3.41. The van der Waals surface area contributed by atoms with E-state index < -0.39 is 6.10 Å². The molecule has 0 spiro atoms. The van der Waals surface area contributed by atoms with Crippen LogP contribution in [-0.4, -0.2) is 36.4 Å². The highest BCUT2D eigenvalue weighted by molar-refractivity contribution is 5.70. The zero-order valence-electron chi connectivity index (χ0n) is 57.6. The first-order chi connectivity index (χ1) is 42.6. The Hall–Kier alpha value is -2.92. The van der Waals surface area contributed by atoms with Crippen LogP contribution in [0.25, 0.3) is 0 Å². The molecule has 0 aliphatic rings. The number of allylic oxidation sites excluding steroid dienone is 14. The van der Waals surface area contributed by atoms with Gasteiger partial charge in [0.15, 0.2) is 6.10 Å². The molecule has 1 N–H and O–H groups in total. The van der Waals surface area contributed by atoms with E-state index in [2.05, 4.69) is 98.9 Å². The van der Waals surface area contributed by atoms with Crippen LogP contribution in [0.4, 0.5) is 0 Å². The van der Waals surface area contributed by atoms with E-state index in [0.717, 1.165) is 89.9 Å².